The van der Waals surface area contributed by atoms with Crippen LogP contribution in [0.15, 0.2) is 53.1 Å². The fourth-order valence-electron chi connectivity index (χ4n) is 2.94. The van der Waals surface area contributed by atoms with Crippen molar-refractivity contribution in [2.75, 3.05) is 13.1 Å². The second-order valence-electron chi connectivity index (χ2n) is 5.69. The standard InChI is InChI=1S/C17H20BrN3/c1-13-10-21(11-14-6-3-2-4-7-14)12-16(19-13)15-8-5-9-17(18)20-15/h2-9,13,16,19H,10-12H2,1H3/t13-,16-/m0/s1. The van der Waals surface area contributed by atoms with Crippen LogP contribution in [0, 0.1) is 0 Å². The fraction of sp³-hybridized carbons (Fsp3) is 0.353. The Balaban J connectivity index is 1.72. The van der Waals surface area contributed by atoms with E-state index in [1.807, 2.05) is 6.07 Å². The molecule has 1 saturated heterocycles. The number of rotatable bonds is 3. The molecular weight excluding hydrogens is 326 g/mol. The molecule has 0 spiro atoms. The molecule has 1 aliphatic rings. The molecule has 1 aromatic heterocycles. The number of piperazine rings is 1. The monoisotopic (exact) mass is 345 g/mol. The largest absolute Gasteiger partial charge is 0.304 e. The van der Waals surface area contributed by atoms with Crippen LogP contribution in [-0.2, 0) is 6.54 Å². The maximum Gasteiger partial charge on any atom is 0.106 e. The lowest BCUT2D eigenvalue weighted by Crippen LogP contribution is -2.50. The SMILES string of the molecule is C[C@H]1CN(Cc2ccccc2)C[C@@H](c2cccc(Br)n2)N1. The van der Waals surface area contributed by atoms with Crippen molar-refractivity contribution in [3.05, 3.63) is 64.4 Å². The lowest BCUT2D eigenvalue weighted by Gasteiger charge is -2.37. The summed E-state index contributed by atoms with van der Waals surface area (Å²) >= 11 is 3.46. The van der Waals surface area contributed by atoms with E-state index in [-0.39, 0.29) is 6.04 Å². The normalized spacial score (nSPS) is 23.1. The number of benzene rings is 1. The molecule has 0 unspecified atom stereocenters. The van der Waals surface area contributed by atoms with Crippen molar-refractivity contribution in [1.29, 1.82) is 0 Å². The van der Waals surface area contributed by atoms with E-state index in [4.69, 9.17) is 0 Å². The molecule has 3 nitrogen and oxygen atoms in total. The molecule has 0 saturated carbocycles. The van der Waals surface area contributed by atoms with Gasteiger partial charge in [-0.05, 0) is 40.5 Å². The molecule has 21 heavy (non-hydrogen) atoms. The highest BCUT2D eigenvalue weighted by Gasteiger charge is 2.25. The van der Waals surface area contributed by atoms with Crippen molar-refractivity contribution in [2.24, 2.45) is 0 Å². The van der Waals surface area contributed by atoms with Crippen LogP contribution < -0.4 is 5.32 Å². The van der Waals surface area contributed by atoms with Gasteiger partial charge in [0.1, 0.15) is 4.60 Å². The third kappa shape index (κ3) is 3.90. The Kier molecular flexibility index (Phi) is 4.68. The van der Waals surface area contributed by atoms with Crippen molar-refractivity contribution in [2.45, 2.75) is 25.6 Å². The lowest BCUT2D eigenvalue weighted by molar-refractivity contribution is 0.158. The molecule has 0 bridgehead atoms. The third-order valence-corrected chi connectivity index (χ3v) is 4.24. The molecule has 2 atom stereocenters. The molecule has 0 aliphatic carbocycles. The molecule has 4 heteroatoms. The smallest absolute Gasteiger partial charge is 0.106 e. The molecule has 1 fully saturated rings. The van der Waals surface area contributed by atoms with Gasteiger partial charge in [-0.15, -0.1) is 0 Å². The average Bonchev–Trinajstić information content (AvgIpc) is 2.48. The zero-order valence-electron chi connectivity index (χ0n) is 12.2. The van der Waals surface area contributed by atoms with Crippen LogP contribution in [0.2, 0.25) is 0 Å². The summed E-state index contributed by atoms with van der Waals surface area (Å²) in [4.78, 5) is 7.10. The van der Waals surface area contributed by atoms with E-state index >= 15 is 0 Å². The molecule has 1 N–H and O–H groups in total. The number of nitrogens with zero attached hydrogens (tertiary/aromatic N) is 2. The van der Waals surface area contributed by atoms with E-state index in [2.05, 4.69) is 80.5 Å². The minimum Gasteiger partial charge on any atom is -0.304 e. The van der Waals surface area contributed by atoms with Crippen LogP contribution in [0.4, 0.5) is 0 Å². The Labute approximate surface area is 134 Å². The van der Waals surface area contributed by atoms with Gasteiger partial charge in [0.15, 0.2) is 0 Å². The Morgan fingerprint density at radius 3 is 2.71 bits per heavy atom. The zero-order chi connectivity index (χ0) is 14.7. The van der Waals surface area contributed by atoms with Gasteiger partial charge in [-0.1, -0.05) is 36.4 Å². The second kappa shape index (κ2) is 6.69. The second-order valence-corrected chi connectivity index (χ2v) is 6.50. The van der Waals surface area contributed by atoms with E-state index in [1.54, 1.807) is 0 Å². The maximum atomic E-state index is 4.60. The fourth-order valence-corrected chi connectivity index (χ4v) is 3.29. The summed E-state index contributed by atoms with van der Waals surface area (Å²) in [5.41, 5.74) is 2.47. The molecule has 2 aromatic rings. The Morgan fingerprint density at radius 1 is 1.14 bits per heavy atom. The molecule has 2 heterocycles. The number of halogens is 1. The number of aromatic nitrogens is 1. The van der Waals surface area contributed by atoms with Gasteiger partial charge in [-0.25, -0.2) is 4.98 Å². The van der Waals surface area contributed by atoms with Crippen molar-refractivity contribution in [3.63, 3.8) is 0 Å². The summed E-state index contributed by atoms with van der Waals surface area (Å²) in [5.74, 6) is 0. The summed E-state index contributed by atoms with van der Waals surface area (Å²) < 4.78 is 0.898. The van der Waals surface area contributed by atoms with Gasteiger partial charge < -0.3 is 5.32 Å². The minimum atomic E-state index is 0.287. The van der Waals surface area contributed by atoms with Gasteiger partial charge in [0.05, 0.1) is 11.7 Å². The van der Waals surface area contributed by atoms with Gasteiger partial charge in [0.2, 0.25) is 0 Å². The molecule has 110 valence electrons. The van der Waals surface area contributed by atoms with Crippen LogP contribution in [0.5, 0.6) is 0 Å². The Bertz CT molecular complexity index is 588. The van der Waals surface area contributed by atoms with Crippen LogP contribution in [0.3, 0.4) is 0 Å². The highest BCUT2D eigenvalue weighted by atomic mass is 79.9. The summed E-state index contributed by atoms with van der Waals surface area (Å²) in [5, 5.41) is 3.65. The van der Waals surface area contributed by atoms with Gasteiger partial charge in [-0.3, -0.25) is 4.90 Å². The van der Waals surface area contributed by atoms with E-state index in [0.717, 1.165) is 29.9 Å². The molecule has 0 radical (unpaired) electrons. The molecule has 1 aromatic carbocycles. The predicted molar refractivity (Wildman–Crippen MR) is 89.0 cm³/mol. The van der Waals surface area contributed by atoms with E-state index in [0.29, 0.717) is 6.04 Å². The van der Waals surface area contributed by atoms with E-state index < -0.39 is 0 Å². The topological polar surface area (TPSA) is 28.2 Å². The molecular formula is C17H20BrN3. The quantitative estimate of drug-likeness (QED) is 0.864. The van der Waals surface area contributed by atoms with E-state index in [9.17, 15) is 0 Å². The summed E-state index contributed by atoms with van der Waals surface area (Å²) in [7, 11) is 0. The van der Waals surface area contributed by atoms with Crippen LogP contribution in [-0.4, -0.2) is 29.0 Å². The van der Waals surface area contributed by atoms with Gasteiger partial charge in [0, 0.05) is 25.7 Å². The number of hydrogen-bond donors (Lipinski definition) is 1. The first-order chi connectivity index (χ1) is 10.2. The predicted octanol–water partition coefficient (Wildman–Crippen LogP) is 3.38. The van der Waals surface area contributed by atoms with Crippen molar-refractivity contribution in [3.8, 4) is 0 Å². The molecule has 3 rings (SSSR count). The molecule has 0 amide bonds. The van der Waals surface area contributed by atoms with Crippen molar-refractivity contribution < 1.29 is 0 Å². The third-order valence-electron chi connectivity index (χ3n) is 3.80. The number of pyridine rings is 1. The Hall–Kier alpha value is -1.23. The summed E-state index contributed by atoms with van der Waals surface area (Å²) in [6.45, 7) is 5.29. The lowest BCUT2D eigenvalue weighted by atomic mass is 10.1. The number of hydrogen-bond acceptors (Lipinski definition) is 3. The van der Waals surface area contributed by atoms with Gasteiger partial charge >= 0.3 is 0 Å². The molecule has 1 aliphatic heterocycles. The van der Waals surface area contributed by atoms with Crippen molar-refractivity contribution >= 4 is 15.9 Å². The van der Waals surface area contributed by atoms with Crippen LogP contribution >= 0.6 is 15.9 Å². The van der Waals surface area contributed by atoms with Gasteiger partial charge in [0.25, 0.3) is 0 Å². The first-order valence-corrected chi connectivity index (χ1v) is 8.15. The maximum absolute atomic E-state index is 4.60. The summed E-state index contributed by atoms with van der Waals surface area (Å²) in [6.07, 6.45) is 0. The van der Waals surface area contributed by atoms with Crippen LogP contribution in [0.1, 0.15) is 24.2 Å². The highest BCUT2D eigenvalue weighted by molar-refractivity contribution is 9.10. The first kappa shape index (κ1) is 14.7. The average molecular weight is 346 g/mol. The van der Waals surface area contributed by atoms with Crippen LogP contribution in [0.25, 0.3) is 0 Å². The highest BCUT2D eigenvalue weighted by Crippen LogP contribution is 2.21. The first-order valence-electron chi connectivity index (χ1n) is 7.35. The summed E-state index contributed by atoms with van der Waals surface area (Å²) in [6, 6.07) is 17.5. The minimum absolute atomic E-state index is 0.287. The number of nitrogens with one attached hydrogen (secondary N) is 1. The van der Waals surface area contributed by atoms with Crippen molar-refractivity contribution in [1.82, 2.24) is 15.2 Å². The Morgan fingerprint density at radius 2 is 1.95 bits per heavy atom. The van der Waals surface area contributed by atoms with Gasteiger partial charge in [-0.2, -0.15) is 0 Å². The zero-order valence-corrected chi connectivity index (χ0v) is 13.8. The van der Waals surface area contributed by atoms with E-state index in [1.165, 1.54) is 5.56 Å².